The number of nitriles is 1. The van der Waals surface area contributed by atoms with Crippen LogP contribution in [0.3, 0.4) is 0 Å². The average molecular weight is 554 g/mol. The van der Waals surface area contributed by atoms with E-state index in [2.05, 4.69) is 37.8 Å². The van der Waals surface area contributed by atoms with Crippen molar-refractivity contribution in [2.24, 2.45) is 5.92 Å². The van der Waals surface area contributed by atoms with Gasteiger partial charge in [0.1, 0.15) is 17.9 Å². The second-order valence-electron chi connectivity index (χ2n) is 9.37. The first-order valence-corrected chi connectivity index (χ1v) is 14.1. The molecule has 3 aliphatic heterocycles. The SMILES string of the molecule is Cc1nc(-c2ccccc2Br)cc(C2C[NH+]3CCC2CC3CNS(=O)(=O)c2ccccc2C#N)n1. The van der Waals surface area contributed by atoms with Gasteiger partial charge in [-0.15, -0.1) is 0 Å². The summed E-state index contributed by atoms with van der Waals surface area (Å²) in [6, 6.07) is 18.7. The first-order chi connectivity index (χ1) is 16.9. The van der Waals surface area contributed by atoms with E-state index in [0.717, 1.165) is 53.2 Å². The monoisotopic (exact) mass is 552 g/mol. The minimum Gasteiger partial charge on any atom is -0.331 e. The van der Waals surface area contributed by atoms with Crippen LogP contribution in [0.2, 0.25) is 0 Å². The lowest BCUT2D eigenvalue weighted by molar-refractivity contribution is -0.942. The van der Waals surface area contributed by atoms with Crippen LogP contribution in [0.4, 0.5) is 0 Å². The van der Waals surface area contributed by atoms with E-state index >= 15 is 0 Å². The van der Waals surface area contributed by atoms with Crippen LogP contribution in [-0.2, 0) is 10.0 Å². The zero-order chi connectivity index (χ0) is 24.6. The fourth-order valence-corrected chi connectivity index (χ4v) is 7.28. The molecule has 0 saturated carbocycles. The third kappa shape index (κ3) is 4.89. The molecule has 7 nitrogen and oxygen atoms in total. The molecule has 2 bridgehead atoms. The summed E-state index contributed by atoms with van der Waals surface area (Å²) >= 11 is 3.64. The van der Waals surface area contributed by atoms with Crippen LogP contribution in [-0.4, -0.2) is 44.1 Å². The molecule has 180 valence electrons. The molecule has 4 atom stereocenters. The van der Waals surface area contributed by atoms with Crippen molar-refractivity contribution >= 4 is 26.0 Å². The number of aromatic nitrogens is 2. The summed E-state index contributed by atoms with van der Waals surface area (Å²) in [5.41, 5.74) is 3.22. The van der Waals surface area contributed by atoms with Gasteiger partial charge in [0.2, 0.25) is 10.0 Å². The van der Waals surface area contributed by atoms with Crippen LogP contribution in [0.15, 0.2) is 64.0 Å². The lowest BCUT2D eigenvalue weighted by Gasteiger charge is -2.46. The molecule has 0 aliphatic carbocycles. The van der Waals surface area contributed by atoms with Gasteiger partial charge in [-0.3, -0.25) is 0 Å². The summed E-state index contributed by atoms with van der Waals surface area (Å²) < 4.78 is 29.6. The van der Waals surface area contributed by atoms with Gasteiger partial charge >= 0.3 is 0 Å². The predicted octanol–water partition coefficient (Wildman–Crippen LogP) is 2.83. The van der Waals surface area contributed by atoms with Crippen molar-refractivity contribution in [1.29, 1.82) is 5.26 Å². The van der Waals surface area contributed by atoms with Gasteiger partial charge in [0.15, 0.2) is 0 Å². The Morgan fingerprint density at radius 1 is 1.17 bits per heavy atom. The van der Waals surface area contributed by atoms with E-state index in [9.17, 15) is 13.7 Å². The molecule has 0 spiro atoms. The first-order valence-electron chi connectivity index (χ1n) is 11.8. The number of nitrogens with zero attached hydrogens (tertiary/aromatic N) is 3. The van der Waals surface area contributed by atoms with E-state index in [1.807, 2.05) is 31.2 Å². The van der Waals surface area contributed by atoms with E-state index < -0.39 is 10.0 Å². The Balaban J connectivity index is 1.32. The number of hydrogen-bond donors (Lipinski definition) is 2. The molecule has 0 radical (unpaired) electrons. The van der Waals surface area contributed by atoms with Gasteiger partial charge in [-0.05, 0) is 37.1 Å². The molecule has 6 rings (SSSR count). The van der Waals surface area contributed by atoms with Gasteiger partial charge in [-0.25, -0.2) is 23.1 Å². The second kappa shape index (κ2) is 9.78. The summed E-state index contributed by atoms with van der Waals surface area (Å²) in [7, 11) is -3.74. The molecule has 4 unspecified atom stereocenters. The van der Waals surface area contributed by atoms with Crippen molar-refractivity contribution in [3.8, 4) is 17.3 Å². The molecule has 3 aliphatic rings. The van der Waals surface area contributed by atoms with E-state index in [1.165, 1.54) is 17.0 Å². The highest BCUT2D eigenvalue weighted by molar-refractivity contribution is 9.10. The zero-order valence-electron chi connectivity index (χ0n) is 19.4. The maximum Gasteiger partial charge on any atom is 0.242 e. The third-order valence-electron chi connectivity index (χ3n) is 7.26. The lowest BCUT2D eigenvalue weighted by atomic mass is 9.74. The van der Waals surface area contributed by atoms with E-state index in [4.69, 9.17) is 4.98 Å². The number of quaternary nitrogens is 1. The molecule has 9 heteroatoms. The third-order valence-corrected chi connectivity index (χ3v) is 9.43. The van der Waals surface area contributed by atoms with Gasteiger partial charge in [0.25, 0.3) is 0 Å². The fourth-order valence-electron chi connectivity index (χ4n) is 5.55. The average Bonchev–Trinajstić information content (AvgIpc) is 2.87. The van der Waals surface area contributed by atoms with Gasteiger partial charge in [-0.1, -0.05) is 46.3 Å². The van der Waals surface area contributed by atoms with Crippen LogP contribution in [0.5, 0.6) is 0 Å². The fraction of sp³-hybridized carbons (Fsp3) is 0.346. The van der Waals surface area contributed by atoms with Crippen molar-refractivity contribution in [2.75, 3.05) is 19.6 Å². The Morgan fingerprint density at radius 3 is 2.69 bits per heavy atom. The van der Waals surface area contributed by atoms with E-state index in [-0.39, 0.29) is 16.5 Å². The molecule has 3 aromatic rings. The number of fused-ring (bicyclic) bond motifs is 3. The van der Waals surface area contributed by atoms with E-state index in [0.29, 0.717) is 18.4 Å². The summed E-state index contributed by atoms with van der Waals surface area (Å²) in [6.45, 7) is 4.27. The van der Waals surface area contributed by atoms with Crippen molar-refractivity contribution in [2.45, 2.75) is 36.6 Å². The predicted molar refractivity (Wildman–Crippen MR) is 136 cm³/mol. The van der Waals surface area contributed by atoms with E-state index in [1.54, 1.807) is 12.1 Å². The molecule has 35 heavy (non-hydrogen) atoms. The lowest BCUT2D eigenvalue weighted by Crippen LogP contribution is -3.20. The number of aryl methyl sites for hydroxylation is 1. The highest BCUT2D eigenvalue weighted by Gasteiger charge is 2.45. The molecule has 3 saturated heterocycles. The summed E-state index contributed by atoms with van der Waals surface area (Å²) in [6.07, 6.45) is 2.05. The number of hydrogen-bond acceptors (Lipinski definition) is 5. The second-order valence-corrected chi connectivity index (χ2v) is 12.0. The van der Waals surface area contributed by atoms with Gasteiger partial charge in [-0.2, -0.15) is 5.26 Å². The summed E-state index contributed by atoms with van der Waals surface area (Å²) in [5, 5.41) is 9.29. The Kier molecular flexibility index (Phi) is 6.73. The molecule has 0 amide bonds. The highest BCUT2D eigenvalue weighted by atomic mass is 79.9. The maximum absolute atomic E-state index is 12.9. The summed E-state index contributed by atoms with van der Waals surface area (Å²) in [4.78, 5) is 11.0. The molecule has 2 N–H and O–H groups in total. The minimum atomic E-state index is -3.74. The maximum atomic E-state index is 12.9. The topological polar surface area (TPSA) is 100 Å². The Morgan fingerprint density at radius 2 is 1.94 bits per heavy atom. The molecule has 2 aromatic carbocycles. The number of sulfonamides is 1. The van der Waals surface area contributed by atoms with Crippen LogP contribution in [0, 0.1) is 24.2 Å². The summed E-state index contributed by atoms with van der Waals surface area (Å²) in [5.74, 6) is 1.55. The number of piperidine rings is 3. The molecule has 3 fully saturated rings. The Hall–Kier alpha value is -2.64. The number of halogens is 1. The number of benzene rings is 2. The largest absolute Gasteiger partial charge is 0.331 e. The minimum absolute atomic E-state index is 0.0439. The van der Waals surface area contributed by atoms with Crippen molar-refractivity contribution in [3.05, 3.63) is 76.2 Å². The van der Waals surface area contributed by atoms with Gasteiger partial charge in [0, 0.05) is 22.9 Å². The zero-order valence-corrected chi connectivity index (χ0v) is 21.8. The van der Waals surface area contributed by atoms with Crippen LogP contribution in [0.25, 0.3) is 11.3 Å². The normalized spacial score (nSPS) is 23.7. The highest BCUT2D eigenvalue weighted by Crippen LogP contribution is 2.36. The van der Waals surface area contributed by atoms with Crippen LogP contribution < -0.4 is 9.62 Å². The van der Waals surface area contributed by atoms with Crippen molar-refractivity contribution < 1.29 is 13.3 Å². The van der Waals surface area contributed by atoms with Gasteiger partial charge in [0.05, 0.1) is 47.4 Å². The molecule has 4 heterocycles. The van der Waals surface area contributed by atoms with Crippen LogP contribution in [0.1, 0.15) is 35.8 Å². The van der Waals surface area contributed by atoms with Crippen LogP contribution >= 0.6 is 15.9 Å². The van der Waals surface area contributed by atoms with Crippen molar-refractivity contribution in [3.63, 3.8) is 0 Å². The first kappa shape index (κ1) is 24.1. The van der Waals surface area contributed by atoms with Gasteiger partial charge < -0.3 is 4.90 Å². The number of rotatable bonds is 6. The number of nitrogens with one attached hydrogen (secondary N) is 2. The van der Waals surface area contributed by atoms with Crippen molar-refractivity contribution in [1.82, 2.24) is 14.7 Å². The standard InChI is InChI=1S/C26H26BrN5O2S/c1-17-30-24(21-7-3-4-8-23(21)27)13-25(31-17)22-16-32-11-10-18(22)12-20(32)15-29-35(33,34)26-9-5-2-6-19(26)14-28/h2-9,13,18,20,22,29H,10-12,15-16H2,1H3/p+1. The Bertz CT molecular complexity index is 1400. The quantitative estimate of drug-likeness (QED) is 0.489. The molecular formula is C26H27BrN5O2S+. The Labute approximate surface area is 214 Å². The molecular weight excluding hydrogens is 526 g/mol. The smallest absolute Gasteiger partial charge is 0.242 e. The molecule has 1 aromatic heterocycles.